The van der Waals surface area contributed by atoms with Crippen LogP contribution >= 0.6 is 0 Å². The van der Waals surface area contributed by atoms with E-state index in [4.69, 9.17) is 9.52 Å². The number of rotatable bonds is 5. The minimum absolute atomic E-state index is 0.246. The van der Waals surface area contributed by atoms with Gasteiger partial charge in [0.2, 0.25) is 0 Å². The summed E-state index contributed by atoms with van der Waals surface area (Å²) in [6.07, 6.45) is 1.56. The van der Waals surface area contributed by atoms with Crippen molar-refractivity contribution < 1.29 is 19.1 Å². The lowest BCUT2D eigenvalue weighted by Gasteiger charge is -2.12. The molecule has 2 aromatic heterocycles. The number of hydrogen-bond donors (Lipinski definition) is 2. The van der Waals surface area contributed by atoms with Gasteiger partial charge in [0.25, 0.3) is 5.91 Å². The van der Waals surface area contributed by atoms with Gasteiger partial charge < -0.3 is 19.4 Å². The maximum atomic E-state index is 12.1. The van der Waals surface area contributed by atoms with Gasteiger partial charge in [0.15, 0.2) is 0 Å². The fourth-order valence-corrected chi connectivity index (χ4v) is 1.93. The van der Waals surface area contributed by atoms with Crippen LogP contribution in [0.5, 0.6) is 0 Å². The number of aliphatic carboxylic acids is 1. The Labute approximate surface area is 116 Å². The van der Waals surface area contributed by atoms with Crippen molar-refractivity contribution in [1.82, 2.24) is 9.88 Å². The number of aromatic nitrogens is 1. The van der Waals surface area contributed by atoms with Crippen molar-refractivity contribution >= 4 is 11.9 Å². The predicted octanol–water partition coefficient (Wildman–Crippen LogP) is 1.97. The summed E-state index contributed by atoms with van der Waals surface area (Å²) in [5.41, 5.74) is 0.308. The molecule has 6 heteroatoms. The molecule has 1 unspecified atom stereocenters. The highest BCUT2D eigenvalue weighted by molar-refractivity contribution is 5.93. The molecule has 0 saturated heterocycles. The lowest BCUT2D eigenvalue weighted by atomic mass is 10.2. The maximum Gasteiger partial charge on any atom is 0.323 e. The summed E-state index contributed by atoms with van der Waals surface area (Å²) in [4.78, 5) is 22.9. The van der Waals surface area contributed by atoms with Gasteiger partial charge in [-0.1, -0.05) is 0 Å². The van der Waals surface area contributed by atoms with E-state index < -0.39 is 5.97 Å². The first kappa shape index (κ1) is 13.9. The lowest BCUT2D eigenvalue weighted by Crippen LogP contribution is -2.29. The smallest absolute Gasteiger partial charge is 0.323 e. The maximum absolute atomic E-state index is 12.1. The molecule has 0 bridgehead atoms. The first-order chi connectivity index (χ1) is 9.47. The molecule has 2 heterocycles. The van der Waals surface area contributed by atoms with Gasteiger partial charge in [-0.3, -0.25) is 9.59 Å². The third kappa shape index (κ3) is 3.09. The molecule has 1 atom stereocenters. The molecule has 0 saturated carbocycles. The molecule has 0 spiro atoms. The van der Waals surface area contributed by atoms with Crippen LogP contribution in [-0.2, 0) is 11.3 Å². The first-order valence-corrected chi connectivity index (χ1v) is 6.21. The van der Waals surface area contributed by atoms with E-state index in [-0.39, 0.29) is 18.5 Å². The van der Waals surface area contributed by atoms with Crippen molar-refractivity contribution in [2.75, 3.05) is 0 Å². The third-order valence-electron chi connectivity index (χ3n) is 2.90. The van der Waals surface area contributed by atoms with Gasteiger partial charge in [-0.25, -0.2) is 0 Å². The minimum Gasteiger partial charge on any atom is -0.480 e. The Morgan fingerprint density at radius 3 is 2.75 bits per heavy atom. The van der Waals surface area contributed by atoms with E-state index in [0.717, 1.165) is 5.76 Å². The van der Waals surface area contributed by atoms with Crippen molar-refractivity contribution in [3.63, 3.8) is 0 Å². The van der Waals surface area contributed by atoms with E-state index in [1.807, 2.05) is 13.0 Å². The summed E-state index contributed by atoms with van der Waals surface area (Å²) in [5, 5.41) is 11.6. The number of carbonyl (C=O) groups excluding carboxylic acids is 1. The fraction of sp³-hybridized carbons (Fsp3) is 0.286. The first-order valence-electron chi connectivity index (χ1n) is 6.21. The molecular weight excluding hydrogens is 260 g/mol. The highest BCUT2D eigenvalue weighted by Gasteiger charge is 2.17. The summed E-state index contributed by atoms with van der Waals surface area (Å²) in [6.45, 7) is 3.39. The summed E-state index contributed by atoms with van der Waals surface area (Å²) in [7, 11) is 0. The zero-order valence-electron chi connectivity index (χ0n) is 11.3. The normalized spacial score (nSPS) is 12.1. The SMILES string of the molecule is Cc1ccc(C(C)NC(=O)c2cccn2CC(=O)O)o1. The molecule has 0 aliphatic rings. The Morgan fingerprint density at radius 1 is 1.40 bits per heavy atom. The molecular formula is C14H16N2O4. The standard InChI is InChI=1S/C14H16N2O4/c1-9-5-6-12(20-9)10(2)15-14(19)11-4-3-7-16(11)8-13(17)18/h3-7,10H,8H2,1-2H3,(H,15,19)(H,17,18). The molecule has 0 aliphatic carbocycles. The molecule has 0 aromatic carbocycles. The molecule has 0 radical (unpaired) electrons. The van der Waals surface area contributed by atoms with E-state index in [9.17, 15) is 9.59 Å². The molecule has 0 aliphatic heterocycles. The number of amides is 1. The topological polar surface area (TPSA) is 84.5 Å². The zero-order chi connectivity index (χ0) is 14.7. The number of carbonyl (C=O) groups is 2. The lowest BCUT2D eigenvalue weighted by molar-refractivity contribution is -0.137. The number of carboxylic acid groups (broad SMARTS) is 1. The van der Waals surface area contributed by atoms with Crippen LogP contribution in [0.25, 0.3) is 0 Å². The van der Waals surface area contributed by atoms with Gasteiger partial charge in [0, 0.05) is 6.20 Å². The van der Waals surface area contributed by atoms with E-state index in [1.165, 1.54) is 4.57 Å². The summed E-state index contributed by atoms with van der Waals surface area (Å²) >= 11 is 0. The van der Waals surface area contributed by atoms with Crippen LogP contribution in [0.4, 0.5) is 0 Å². The van der Waals surface area contributed by atoms with Gasteiger partial charge >= 0.3 is 5.97 Å². The van der Waals surface area contributed by atoms with Crippen LogP contribution in [0.2, 0.25) is 0 Å². The second-order valence-electron chi connectivity index (χ2n) is 4.56. The Kier molecular flexibility index (Phi) is 3.93. The van der Waals surface area contributed by atoms with Crippen molar-refractivity contribution in [2.45, 2.75) is 26.4 Å². The molecule has 2 rings (SSSR count). The van der Waals surface area contributed by atoms with Crippen LogP contribution in [0.3, 0.4) is 0 Å². The molecule has 20 heavy (non-hydrogen) atoms. The zero-order valence-corrected chi connectivity index (χ0v) is 11.3. The largest absolute Gasteiger partial charge is 0.480 e. The quantitative estimate of drug-likeness (QED) is 0.874. The second-order valence-corrected chi connectivity index (χ2v) is 4.56. The average molecular weight is 276 g/mol. The molecule has 2 N–H and O–H groups in total. The second kappa shape index (κ2) is 5.64. The van der Waals surface area contributed by atoms with Gasteiger partial charge in [-0.15, -0.1) is 0 Å². The number of hydrogen-bond acceptors (Lipinski definition) is 3. The Hall–Kier alpha value is -2.50. The fourth-order valence-electron chi connectivity index (χ4n) is 1.93. The number of aryl methyl sites for hydroxylation is 1. The van der Waals surface area contributed by atoms with Crippen molar-refractivity contribution in [3.05, 3.63) is 47.7 Å². The highest BCUT2D eigenvalue weighted by atomic mass is 16.4. The molecule has 106 valence electrons. The van der Waals surface area contributed by atoms with Crippen molar-refractivity contribution in [3.8, 4) is 0 Å². The monoisotopic (exact) mass is 276 g/mol. The van der Waals surface area contributed by atoms with E-state index in [2.05, 4.69) is 5.32 Å². The predicted molar refractivity (Wildman–Crippen MR) is 71.4 cm³/mol. The molecule has 0 fully saturated rings. The van der Waals surface area contributed by atoms with Crippen LogP contribution < -0.4 is 5.32 Å². The van der Waals surface area contributed by atoms with Crippen LogP contribution in [0.15, 0.2) is 34.9 Å². The number of carboxylic acids is 1. The van der Waals surface area contributed by atoms with Gasteiger partial charge in [0.05, 0.1) is 6.04 Å². The van der Waals surface area contributed by atoms with E-state index in [0.29, 0.717) is 11.5 Å². The molecule has 1 amide bonds. The number of furan rings is 1. The van der Waals surface area contributed by atoms with Crippen LogP contribution in [-0.4, -0.2) is 21.6 Å². The Bertz CT molecular complexity index is 627. The Morgan fingerprint density at radius 2 is 2.15 bits per heavy atom. The van der Waals surface area contributed by atoms with E-state index in [1.54, 1.807) is 31.3 Å². The van der Waals surface area contributed by atoms with Crippen LogP contribution in [0, 0.1) is 6.92 Å². The third-order valence-corrected chi connectivity index (χ3v) is 2.90. The highest BCUT2D eigenvalue weighted by Crippen LogP contribution is 2.16. The van der Waals surface area contributed by atoms with Crippen molar-refractivity contribution in [1.29, 1.82) is 0 Å². The number of nitrogens with zero attached hydrogens (tertiary/aromatic N) is 1. The number of nitrogens with one attached hydrogen (secondary N) is 1. The van der Waals surface area contributed by atoms with Gasteiger partial charge in [0.1, 0.15) is 23.8 Å². The summed E-state index contributed by atoms with van der Waals surface area (Å²) in [6, 6.07) is 6.56. The Balaban J connectivity index is 2.08. The summed E-state index contributed by atoms with van der Waals surface area (Å²) in [5.74, 6) is 0.102. The van der Waals surface area contributed by atoms with Gasteiger partial charge in [-0.2, -0.15) is 0 Å². The van der Waals surface area contributed by atoms with Crippen molar-refractivity contribution in [2.24, 2.45) is 0 Å². The van der Waals surface area contributed by atoms with E-state index >= 15 is 0 Å². The minimum atomic E-state index is -0.995. The van der Waals surface area contributed by atoms with Gasteiger partial charge in [-0.05, 0) is 38.1 Å². The summed E-state index contributed by atoms with van der Waals surface area (Å²) < 4.78 is 6.83. The van der Waals surface area contributed by atoms with Crippen LogP contribution in [0.1, 0.15) is 35.0 Å². The average Bonchev–Trinajstić information content (AvgIpc) is 2.97. The molecule has 6 nitrogen and oxygen atoms in total. The molecule has 2 aromatic rings.